The zero-order valence-corrected chi connectivity index (χ0v) is 10.8. The van der Waals surface area contributed by atoms with Crippen molar-refractivity contribution in [1.82, 2.24) is 0 Å². The molecule has 0 bridgehead atoms. The van der Waals surface area contributed by atoms with Gasteiger partial charge in [0.15, 0.2) is 0 Å². The summed E-state index contributed by atoms with van der Waals surface area (Å²) < 4.78 is 0. The summed E-state index contributed by atoms with van der Waals surface area (Å²) in [7, 11) is 0. The van der Waals surface area contributed by atoms with Crippen LogP contribution in [0.3, 0.4) is 0 Å². The van der Waals surface area contributed by atoms with Crippen molar-refractivity contribution in [3.8, 4) is 0 Å². The minimum Gasteiger partial charge on any atom is -0.273 e. The minimum absolute atomic E-state index is 1.30. The van der Waals surface area contributed by atoms with E-state index in [1.54, 1.807) is 6.08 Å². The summed E-state index contributed by atoms with van der Waals surface area (Å²) in [6, 6.07) is 0. The molecule has 0 aromatic rings. The van der Waals surface area contributed by atoms with Crippen LogP contribution >= 0.6 is 0 Å². The highest BCUT2D eigenvalue weighted by Crippen LogP contribution is 1.85. The summed E-state index contributed by atoms with van der Waals surface area (Å²) >= 11 is 0. The number of hydrogen-bond acceptors (Lipinski definition) is 1. The predicted molar refractivity (Wildman–Crippen MR) is 72.1 cm³/mol. The molecule has 14 heavy (non-hydrogen) atoms. The van der Waals surface area contributed by atoms with Gasteiger partial charge in [0.2, 0.25) is 0 Å². The van der Waals surface area contributed by atoms with E-state index in [0.717, 1.165) is 0 Å². The van der Waals surface area contributed by atoms with Crippen LogP contribution in [-0.4, -0.2) is 6.72 Å². The van der Waals surface area contributed by atoms with Crippen molar-refractivity contribution in [3.05, 3.63) is 37.1 Å². The van der Waals surface area contributed by atoms with Gasteiger partial charge in [-0.3, -0.25) is 4.99 Å². The Morgan fingerprint density at radius 2 is 1.29 bits per heavy atom. The second-order valence-electron chi connectivity index (χ2n) is 1.84. The Labute approximate surface area is 91.0 Å². The van der Waals surface area contributed by atoms with Crippen LogP contribution in [0.2, 0.25) is 0 Å². The van der Waals surface area contributed by atoms with E-state index < -0.39 is 0 Å². The maximum atomic E-state index is 3.52. The predicted octanol–water partition coefficient (Wildman–Crippen LogP) is 5.02. The molecule has 84 valence electrons. The molecule has 0 rings (SSSR count). The third-order valence-electron chi connectivity index (χ3n) is 0.580. The third-order valence-corrected chi connectivity index (χ3v) is 0.580. The number of aliphatic imine (C=N–C) groups is 1. The van der Waals surface area contributed by atoms with Gasteiger partial charge in [0, 0.05) is 6.20 Å². The van der Waals surface area contributed by atoms with Gasteiger partial charge in [0.25, 0.3) is 0 Å². The largest absolute Gasteiger partial charge is 0.273 e. The first-order valence-corrected chi connectivity index (χ1v) is 5.01. The summed E-state index contributed by atoms with van der Waals surface area (Å²) in [5.41, 5.74) is 1.30. The summed E-state index contributed by atoms with van der Waals surface area (Å²) in [6.45, 7) is 22.0. The summed E-state index contributed by atoms with van der Waals surface area (Å²) in [5, 5.41) is 0. The number of allylic oxidation sites excluding steroid dienone is 3. The quantitative estimate of drug-likeness (QED) is 0.435. The fraction of sp³-hybridized carbons (Fsp3) is 0.462. The molecule has 0 aromatic heterocycles. The highest BCUT2D eigenvalue weighted by molar-refractivity contribution is 5.24. The van der Waals surface area contributed by atoms with Crippen molar-refractivity contribution >= 4 is 6.72 Å². The summed E-state index contributed by atoms with van der Waals surface area (Å²) in [5.74, 6) is 0. The minimum atomic E-state index is 1.30. The van der Waals surface area contributed by atoms with E-state index in [4.69, 9.17) is 0 Å². The highest BCUT2D eigenvalue weighted by atomic mass is 14.6. The molecule has 0 aliphatic carbocycles. The smallest absolute Gasteiger partial charge is 0.0188 e. The molecule has 0 aliphatic heterocycles. The van der Waals surface area contributed by atoms with Crippen molar-refractivity contribution in [1.29, 1.82) is 0 Å². The number of hydrogen-bond donors (Lipinski definition) is 0. The third kappa shape index (κ3) is 128. The van der Waals surface area contributed by atoms with Gasteiger partial charge in [-0.2, -0.15) is 0 Å². The van der Waals surface area contributed by atoms with Crippen molar-refractivity contribution < 1.29 is 0 Å². The average molecular weight is 197 g/mol. The number of nitrogens with zero attached hydrogens (tertiary/aromatic N) is 1. The molecule has 0 amide bonds. The van der Waals surface area contributed by atoms with Gasteiger partial charge in [-0.25, -0.2) is 0 Å². The second kappa shape index (κ2) is 40.6. The molecule has 0 heterocycles. The first kappa shape index (κ1) is 23.1. The Morgan fingerprint density at radius 1 is 1.00 bits per heavy atom. The Bertz CT molecular complexity index is 122. The molecule has 0 unspecified atom stereocenters. The van der Waals surface area contributed by atoms with Crippen LogP contribution in [0.15, 0.2) is 42.1 Å². The lowest BCUT2D eigenvalue weighted by Crippen LogP contribution is -1.54. The summed E-state index contributed by atoms with van der Waals surface area (Å²) in [4.78, 5) is 3.25. The molecular formula is C13H27N. The van der Waals surface area contributed by atoms with Crippen LogP contribution < -0.4 is 0 Å². The first-order valence-electron chi connectivity index (χ1n) is 5.01. The molecule has 1 nitrogen and oxygen atoms in total. The van der Waals surface area contributed by atoms with E-state index in [9.17, 15) is 0 Å². The first-order chi connectivity index (χ1) is 6.68. The maximum Gasteiger partial charge on any atom is 0.0188 e. The zero-order chi connectivity index (χ0) is 12.4. The van der Waals surface area contributed by atoms with Crippen LogP contribution in [0.25, 0.3) is 0 Å². The lowest BCUT2D eigenvalue weighted by molar-refractivity contribution is 1.40. The van der Waals surface area contributed by atoms with Crippen LogP contribution in [0.5, 0.6) is 0 Å². The van der Waals surface area contributed by atoms with Crippen molar-refractivity contribution in [3.63, 3.8) is 0 Å². The van der Waals surface area contributed by atoms with Gasteiger partial charge in [-0.05, 0) is 20.6 Å². The maximum absolute atomic E-state index is 3.52. The van der Waals surface area contributed by atoms with Crippen molar-refractivity contribution in [2.45, 2.75) is 41.5 Å². The highest BCUT2D eigenvalue weighted by Gasteiger charge is 1.63. The standard InChI is InChI=1S/C6H10.C3H5N.2C2H6/c1-4-5-6(2)3;1-3-4-2;2*1-2/h4-5H,1H2,2-3H3;3H,1-2H2;2*1-2H3. The molecule has 0 spiro atoms. The van der Waals surface area contributed by atoms with Gasteiger partial charge in [-0.15, -0.1) is 0 Å². The molecule has 0 aromatic carbocycles. The van der Waals surface area contributed by atoms with Crippen LogP contribution in [0.4, 0.5) is 0 Å². The Hall–Kier alpha value is -1.11. The monoisotopic (exact) mass is 197 g/mol. The van der Waals surface area contributed by atoms with Gasteiger partial charge in [0.1, 0.15) is 0 Å². The Morgan fingerprint density at radius 3 is 1.29 bits per heavy atom. The van der Waals surface area contributed by atoms with E-state index in [0.29, 0.717) is 0 Å². The fourth-order valence-electron chi connectivity index (χ4n) is 0.236. The van der Waals surface area contributed by atoms with E-state index in [-0.39, 0.29) is 0 Å². The van der Waals surface area contributed by atoms with Crippen LogP contribution in [0.1, 0.15) is 41.5 Å². The molecule has 0 radical (unpaired) electrons. The molecular weight excluding hydrogens is 170 g/mol. The Kier molecular flexibility index (Phi) is 66.9. The SMILES string of the molecule is C=CC=C(C)C.C=CN=C.CC.CC. The van der Waals surface area contributed by atoms with Gasteiger partial charge >= 0.3 is 0 Å². The van der Waals surface area contributed by atoms with E-state index in [1.165, 1.54) is 11.8 Å². The average Bonchev–Trinajstić information content (AvgIpc) is 2.24. The van der Waals surface area contributed by atoms with Crippen molar-refractivity contribution in [2.75, 3.05) is 0 Å². The molecule has 0 fully saturated rings. The van der Waals surface area contributed by atoms with Crippen LogP contribution in [0, 0.1) is 0 Å². The molecule has 0 saturated carbocycles. The Balaban J connectivity index is -0.0000000546. The molecule has 0 atom stereocenters. The van der Waals surface area contributed by atoms with E-state index in [2.05, 4.69) is 24.9 Å². The molecule has 0 N–H and O–H groups in total. The van der Waals surface area contributed by atoms with Gasteiger partial charge in [-0.1, -0.05) is 58.6 Å². The van der Waals surface area contributed by atoms with E-state index in [1.807, 2.05) is 47.6 Å². The molecule has 0 saturated heterocycles. The normalized spacial score (nSPS) is 5.29. The topological polar surface area (TPSA) is 12.4 Å². The van der Waals surface area contributed by atoms with Gasteiger partial charge in [0.05, 0.1) is 0 Å². The summed E-state index contributed by atoms with van der Waals surface area (Å²) in [6.07, 6.45) is 5.15. The van der Waals surface area contributed by atoms with Crippen LogP contribution in [-0.2, 0) is 0 Å². The lowest BCUT2D eigenvalue weighted by Gasteiger charge is -1.76. The van der Waals surface area contributed by atoms with E-state index >= 15 is 0 Å². The second-order valence-corrected chi connectivity index (χ2v) is 1.84. The lowest BCUT2D eigenvalue weighted by atomic mass is 10.3. The number of rotatable bonds is 2. The molecule has 0 aliphatic rings. The van der Waals surface area contributed by atoms with Gasteiger partial charge < -0.3 is 0 Å². The molecule has 1 heteroatoms. The fourth-order valence-corrected chi connectivity index (χ4v) is 0.236. The zero-order valence-electron chi connectivity index (χ0n) is 10.8. The van der Waals surface area contributed by atoms with Crippen molar-refractivity contribution in [2.24, 2.45) is 4.99 Å².